The van der Waals surface area contributed by atoms with E-state index >= 15 is 0 Å². The third-order valence-electron chi connectivity index (χ3n) is 10.7. The lowest BCUT2D eigenvalue weighted by Crippen LogP contribution is -2.67. The van der Waals surface area contributed by atoms with Gasteiger partial charge in [-0.05, 0) is 49.8 Å². The van der Waals surface area contributed by atoms with E-state index in [0.29, 0.717) is 41.6 Å². The number of carbonyl (C=O) groups excluding carboxylic acids is 2. The van der Waals surface area contributed by atoms with Crippen molar-refractivity contribution < 1.29 is 23.8 Å². The van der Waals surface area contributed by atoms with Crippen LogP contribution in [0.1, 0.15) is 57.4 Å². The Morgan fingerprint density at radius 1 is 1.17 bits per heavy atom. The fraction of sp³-hybridized carbons (Fsp3) is 0.594. The van der Waals surface area contributed by atoms with Gasteiger partial charge >= 0.3 is 0 Å². The number of ether oxygens (including phenoxy) is 3. The molecular weight excluding hydrogens is 538 g/mol. The van der Waals surface area contributed by atoms with Gasteiger partial charge in [-0.15, -0.1) is 0 Å². The highest BCUT2D eigenvalue weighted by molar-refractivity contribution is 7.80. The van der Waals surface area contributed by atoms with E-state index in [0.717, 1.165) is 62.2 Å². The van der Waals surface area contributed by atoms with Crippen molar-refractivity contribution in [3.63, 3.8) is 0 Å². The maximum absolute atomic E-state index is 13.5. The van der Waals surface area contributed by atoms with Crippen LogP contribution in [0, 0.1) is 11.8 Å². The molecule has 0 radical (unpaired) electrons. The number of nitrogens with zero attached hydrogens (tertiary/aromatic N) is 2. The molecule has 2 amide bonds. The first-order chi connectivity index (χ1) is 19.9. The molecule has 7 aliphatic rings. The topological polar surface area (TPSA) is 80.3 Å². The summed E-state index contributed by atoms with van der Waals surface area (Å²) >= 11 is 4.90. The number of nitrogens with one attached hydrogen (secondary N) is 1. The van der Waals surface area contributed by atoms with Gasteiger partial charge in [0.15, 0.2) is 11.5 Å². The highest BCUT2D eigenvalue weighted by Crippen LogP contribution is 2.66. The summed E-state index contributed by atoms with van der Waals surface area (Å²) in [5, 5.41) is 2.58. The molecule has 1 aromatic rings. The molecular formula is C32H39N3O5S. The van der Waals surface area contributed by atoms with Crippen molar-refractivity contribution in [3.8, 4) is 11.5 Å². The molecule has 3 saturated heterocycles. The second kappa shape index (κ2) is 10.2. The monoisotopic (exact) mass is 577 g/mol. The maximum Gasteiger partial charge on any atom is 0.248 e. The number of amides is 2. The fourth-order valence-electron chi connectivity index (χ4n) is 9.24. The molecule has 1 aliphatic carbocycles. The Balaban J connectivity index is 0.000000214. The first-order valence-electron chi connectivity index (χ1n) is 15.1. The van der Waals surface area contributed by atoms with Crippen molar-refractivity contribution in [1.29, 1.82) is 0 Å². The molecule has 1 spiro atoms. The van der Waals surface area contributed by atoms with Crippen molar-refractivity contribution in [2.24, 2.45) is 11.8 Å². The largest absolute Gasteiger partial charge is 0.493 e. The van der Waals surface area contributed by atoms with Crippen LogP contribution in [-0.2, 0) is 19.7 Å². The summed E-state index contributed by atoms with van der Waals surface area (Å²) in [4.78, 5) is 29.9. The minimum absolute atomic E-state index is 0.0283. The van der Waals surface area contributed by atoms with Crippen LogP contribution in [0.15, 0.2) is 35.4 Å². The second-order valence-electron chi connectivity index (χ2n) is 12.4. The first-order valence-corrected chi connectivity index (χ1v) is 15.5. The van der Waals surface area contributed by atoms with Gasteiger partial charge in [0, 0.05) is 42.5 Å². The molecule has 1 aromatic carbocycles. The van der Waals surface area contributed by atoms with Gasteiger partial charge in [0.25, 0.3) is 0 Å². The number of benzene rings is 1. The Labute approximate surface area is 247 Å². The van der Waals surface area contributed by atoms with Crippen molar-refractivity contribution in [3.05, 3.63) is 41.0 Å². The number of methoxy groups -OCH3 is 2. The molecule has 8 rings (SSSR count). The van der Waals surface area contributed by atoms with E-state index in [4.69, 9.17) is 26.4 Å². The van der Waals surface area contributed by atoms with E-state index in [1.165, 1.54) is 12.0 Å². The normalized spacial score (nSPS) is 34.4. The SMILES string of the molecule is CCCC1=CC(=O)NC(=S)C1.COc1cc2c(cc1OC)[C@@]13CCN4CCC5=CCOC6CC(=O)N2C1[C@H]6[C@H]5C[C@H]43. The molecule has 1 N–H and O–H groups in total. The van der Waals surface area contributed by atoms with Gasteiger partial charge in [-0.3, -0.25) is 14.5 Å². The molecule has 2 unspecified atom stereocenters. The van der Waals surface area contributed by atoms with Crippen LogP contribution in [-0.4, -0.2) is 73.8 Å². The number of rotatable bonds is 4. The summed E-state index contributed by atoms with van der Waals surface area (Å²) in [6.07, 6.45) is 10.7. The van der Waals surface area contributed by atoms with Gasteiger partial charge in [0.2, 0.25) is 11.8 Å². The van der Waals surface area contributed by atoms with Gasteiger partial charge < -0.3 is 24.4 Å². The summed E-state index contributed by atoms with van der Waals surface area (Å²) in [5.41, 5.74) is 5.03. The Kier molecular flexibility index (Phi) is 6.75. The molecule has 0 aromatic heterocycles. The average molecular weight is 578 g/mol. The zero-order chi connectivity index (χ0) is 28.5. The van der Waals surface area contributed by atoms with Crippen LogP contribution in [0.4, 0.5) is 5.69 Å². The van der Waals surface area contributed by atoms with E-state index in [1.807, 2.05) is 6.07 Å². The van der Waals surface area contributed by atoms with Crippen LogP contribution < -0.4 is 19.7 Å². The lowest BCUT2D eigenvalue weighted by atomic mass is 9.55. The lowest BCUT2D eigenvalue weighted by molar-refractivity contribution is -0.131. The molecule has 6 aliphatic heterocycles. The number of hydrogen-bond acceptors (Lipinski definition) is 7. The molecule has 41 heavy (non-hydrogen) atoms. The highest BCUT2D eigenvalue weighted by Gasteiger charge is 2.70. The quantitative estimate of drug-likeness (QED) is 0.427. The van der Waals surface area contributed by atoms with Gasteiger partial charge in [-0.1, -0.05) is 42.8 Å². The standard InChI is InChI=1S/C24H28N2O4.C8H11NOS/c1-28-17-10-15-16(11-18(17)29-2)26-21(27)12-19-22-14-9-20-24(15,23(22)26)5-7-25(20)6-3-13(14)4-8-30-19;1-2-3-6-4-7(10)9-8(11)5-6/h4,10-11,14,19-20,22-23H,3,5-9,12H2,1-2H3;4H,2-3,5H2,1H3,(H,9,10,11)/t14-,19?,20-,22-,23?,24+;/m0./s1. The van der Waals surface area contributed by atoms with Crippen LogP contribution in [0.25, 0.3) is 0 Å². The molecule has 9 heteroatoms. The zero-order valence-corrected chi connectivity index (χ0v) is 24.9. The predicted octanol–water partition coefficient (Wildman–Crippen LogP) is 4.06. The molecule has 218 valence electrons. The number of fused-ring (bicyclic) bond motifs is 2. The van der Waals surface area contributed by atoms with E-state index in [2.05, 4.69) is 34.2 Å². The van der Waals surface area contributed by atoms with Gasteiger partial charge in [0.1, 0.15) is 0 Å². The third-order valence-corrected chi connectivity index (χ3v) is 10.9. The van der Waals surface area contributed by atoms with Crippen molar-refractivity contribution in [2.75, 3.05) is 38.8 Å². The van der Waals surface area contributed by atoms with Crippen LogP contribution in [0.5, 0.6) is 11.5 Å². The smallest absolute Gasteiger partial charge is 0.248 e. The zero-order valence-electron chi connectivity index (χ0n) is 24.1. The lowest BCUT2D eigenvalue weighted by Gasteiger charge is -2.55. The third kappa shape index (κ3) is 4.02. The number of anilines is 1. The minimum Gasteiger partial charge on any atom is -0.493 e. The summed E-state index contributed by atoms with van der Waals surface area (Å²) in [6, 6.07) is 4.87. The summed E-state index contributed by atoms with van der Waals surface area (Å²) in [7, 11) is 3.37. The van der Waals surface area contributed by atoms with Crippen LogP contribution in [0.3, 0.4) is 0 Å². The summed E-state index contributed by atoms with van der Waals surface area (Å²) in [5.74, 6) is 2.50. The van der Waals surface area contributed by atoms with Crippen LogP contribution >= 0.6 is 12.2 Å². The Hall–Kier alpha value is -2.75. The second-order valence-corrected chi connectivity index (χ2v) is 12.9. The van der Waals surface area contributed by atoms with E-state index in [-0.39, 0.29) is 29.4 Å². The van der Waals surface area contributed by atoms with Crippen LogP contribution in [0.2, 0.25) is 0 Å². The number of hydrogen-bond donors (Lipinski definition) is 1. The predicted molar refractivity (Wildman–Crippen MR) is 159 cm³/mol. The van der Waals surface area contributed by atoms with E-state index in [9.17, 15) is 9.59 Å². The Morgan fingerprint density at radius 3 is 2.73 bits per heavy atom. The fourth-order valence-corrected chi connectivity index (χ4v) is 9.52. The Bertz CT molecular complexity index is 1370. The maximum atomic E-state index is 13.5. The number of thiocarbonyl (C=S) groups is 1. The molecule has 8 nitrogen and oxygen atoms in total. The van der Waals surface area contributed by atoms with E-state index < -0.39 is 0 Å². The van der Waals surface area contributed by atoms with Gasteiger partial charge in [-0.25, -0.2) is 0 Å². The molecule has 1 saturated carbocycles. The molecule has 2 bridgehead atoms. The average Bonchev–Trinajstić information content (AvgIpc) is 3.33. The Morgan fingerprint density at radius 2 is 1.98 bits per heavy atom. The van der Waals surface area contributed by atoms with Crippen molar-refractivity contribution >= 4 is 34.7 Å². The van der Waals surface area contributed by atoms with E-state index in [1.54, 1.807) is 25.9 Å². The summed E-state index contributed by atoms with van der Waals surface area (Å²) < 4.78 is 17.7. The van der Waals surface area contributed by atoms with Gasteiger partial charge in [-0.2, -0.15) is 0 Å². The first kappa shape index (κ1) is 27.1. The number of piperidine rings is 1. The molecule has 6 atom stereocenters. The minimum atomic E-state index is -0.0651. The highest BCUT2D eigenvalue weighted by atomic mass is 32.1. The van der Waals surface area contributed by atoms with Crippen molar-refractivity contribution in [1.82, 2.24) is 10.2 Å². The summed E-state index contributed by atoms with van der Waals surface area (Å²) in [6.45, 7) is 4.97. The van der Waals surface area contributed by atoms with Crippen molar-refractivity contribution in [2.45, 2.75) is 75.5 Å². The van der Waals surface area contributed by atoms with Gasteiger partial charge in [0.05, 0.1) is 50.1 Å². The molecule has 6 heterocycles. The molecule has 4 fully saturated rings. The number of carbonyl (C=O) groups is 2.